The Kier molecular flexibility index (Phi) is 2.18. The van der Waals surface area contributed by atoms with Crippen LogP contribution in [0.1, 0.15) is 12.8 Å². The molecule has 1 amide bonds. The molecule has 86 valence electrons. The van der Waals surface area contributed by atoms with Crippen LogP contribution in [0.3, 0.4) is 0 Å². The van der Waals surface area contributed by atoms with Crippen LogP contribution in [0.2, 0.25) is 0 Å². The number of rotatable bonds is 0. The number of hydrogen-bond acceptors (Lipinski definition) is 2. The monoisotopic (exact) mass is 218 g/mol. The summed E-state index contributed by atoms with van der Waals surface area (Å²) in [7, 11) is 2.15. The maximum atomic E-state index is 12.0. The van der Waals surface area contributed by atoms with E-state index in [1.807, 2.05) is 12.2 Å². The molecule has 3 rings (SSSR count). The van der Waals surface area contributed by atoms with Crippen LogP contribution in [-0.4, -0.2) is 36.5 Å². The van der Waals surface area contributed by atoms with Crippen LogP contribution in [0.15, 0.2) is 24.3 Å². The number of nitrogens with zero attached hydrogens (tertiary/aromatic N) is 1. The molecular weight excluding hydrogens is 200 g/mol. The minimum atomic E-state index is 0.0372. The number of likely N-dealkylation sites (tertiary alicyclic amines) is 1. The lowest BCUT2D eigenvalue weighted by atomic mass is 9.73. The molecule has 2 aliphatic heterocycles. The van der Waals surface area contributed by atoms with Gasteiger partial charge >= 0.3 is 0 Å². The summed E-state index contributed by atoms with van der Waals surface area (Å²) < 4.78 is 0. The van der Waals surface area contributed by atoms with Gasteiger partial charge in [0.25, 0.3) is 0 Å². The van der Waals surface area contributed by atoms with E-state index < -0.39 is 0 Å². The molecule has 2 atom stereocenters. The SMILES string of the molecule is CN1CCC2(CC1)NC(=O)C1C=CC=CC12. The second-order valence-corrected chi connectivity index (χ2v) is 5.27. The van der Waals surface area contributed by atoms with E-state index in [-0.39, 0.29) is 17.4 Å². The van der Waals surface area contributed by atoms with Gasteiger partial charge < -0.3 is 10.2 Å². The lowest BCUT2D eigenvalue weighted by molar-refractivity contribution is -0.122. The van der Waals surface area contributed by atoms with Gasteiger partial charge in [0, 0.05) is 24.5 Å². The molecule has 1 N–H and O–H groups in total. The minimum absolute atomic E-state index is 0.0372. The summed E-state index contributed by atoms with van der Waals surface area (Å²) in [5.41, 5.74) is 0.0372. The molecule has 3 nitrogen and oxygen atoms in total. The van der Waals surface area contributed by atoms with E-state index in [1.54, 1.807) is 0 Å². The number of piperidine rings is 1. The topological polar surface area (TPSA) is 32.3 Å². The molecule has 1 aliphatic carbocycles. The summed E-state index contributed by atoms with van der Waals surface area (Å²) in [5, 5.41) is 3.26. The van der Waals surface area contributed by atoms with Crippen LogP contribution >= 0.6 is 0 Å². The molecule has 16 heavy (non-hydrogen) atoms. The quantitative estimate of drug-likeness (QED) is 0.656. The predicted octanol–water partition coefficient (Wildman–Crippen LogP) is 0.939. The molecule has 0 aromatic carbocycles. The molecule has 1 spiro atoms. The van der Waals surface area contributed by atoms with Crippen molar-refractivity contribution in [2.75, 3.05) is 20.1 Å². The lowest BCUT2D eigenvalue weighted by Crippen LogP contribution is -2.53. The number of amides is 1. The first-order valence-electron chi connectivity index (χ1n) is 6.07. The summed E-state index contributed by atoms with van der Waals surface area (Å²) in [6.07, 6.45) is 10.5. The molecule has 0 aromatic heterocycles. The Bertz CT molecular complexity index is 364. The van der Waals surface area contributed by atoms with Crippen LogP contribution in [0.4, 0.5) is 0 Å². The first-order chi connectivity index (χ1) is 7.71. The van der Waals surface area contributed by atoms with Crippen molar-refractivity contribution < 1.29 is 4.79 Å². The van der Waals surface area contributed by atoms with Gasteiger partial charge in [0.2, 0.25) is 5.91 Å². The number of fused-ring (bicyclic) bond motifs is 2. The second kappa shape index (κ2) is 3.45. The van der Waals surface area contributed by atoms with Crippen LogP contribution in [0, 0.1) is 11.8 Å². The number of carbonyl (C=O) groups excluding carboxylic acids is 1. The van der Waals surface area contributed by atoms with E-state index >= 15 is 0 Å². The lowest BCUT2D eigenvalue weighted by Gasteiger charge is -2.41. The molecule has 0 saturated carbocycles. The average molecular weight is 218 g/mol. The van der Waals surface area contributed by atoms with Crippen molar-refractivity contribution in [3.8, 4) is 0 Å². The zero-order valence-corrected chi connectivity index (χ0v) is 9.65. The van der Waals surface area contributed by atoms with Crippen molar-refractivity contribution in [1.82, 2.24) is 10.2 Å². The largest absolute Gasteiger partial charge is 0.349 e. The van der Waals surface area contributed by atoms with E-state index in [0.29, 0.717) is 5.92 Å². The highest BCUT2D eigenvalue weighted by atomic mass is 16.2. The molecule has 3 heteroatoms. The molecule has 0 bridgehead atoms. The Labute approximate surface area is 96.2 Å². The Balaban J connectivity index is 1.89. The first kappa shape index (κ1) is 10.1. The summed E-state index contributed by atoms with van der Waals surface area (Å²) in [6, 6.07) is 0. The van der Waals surface area contributed by atoms with E-state index in [4.69, 9.17) is 0 Å². The van der Waals surface area contributed by atoms with Gasteiger partial charge in [-0.15, -0.1) is 0 Å². The molecule has 0 radical (unpaired) electrons. The standard InChI is InChI=1S/C13H18N2O/c1-15-8-6-13(7-9-15)11-5-3-2-4-10(11)12(16)14-13/h2-5,10-11H,6-9H2,1H3,(H,14,16). The van der Waals surface area contributed by atoms with Gasteiger partial charge in [0.05, 0.1) is 5.92 Å². The maximum Gasteiger partial charge on any atom is 0.228 e. The summed E-state index contributed by atoms with van der Waals surface area (Å²) in [4.78, 5) is 14.3. The molecule has 3 aliphatic rings. The summed E-state index contributed by atoms with van der Waals surface area (Å²) >= 11 is 0. The highest BCUT2D eigenvalue weighted by Gasteiger charge is 2.51. The molecule has 2 heterocycles. The van der Waals surface area contributed by atoms with Crippen molar-refractivity contribution in [2.45, 2.75) is 18.4 Å². The van der Waals surface area contributed by atoms with E-state index in [1.165, 1.54) is 0 Å². The third kappa shape index (κ3) is 1.34. The van der Waals surface area contributed by atoms with Gasteiger partial charge in [-0.25, -0.2) is 0 Å². The van der Waals surface area contributed by atoms with Gasteiger partial charge in [-0.3, -0.25) is 4.79 Å². The fourth-order valence-electron chi connectivity index (χ4n) is 3.27. The van der Waals surface area contributed by atoms with Gasteiger partial charge in [-0.05, 0) is 19.9 Å². The molecule has 2 fully saturated rings. The summed E-state index contributed by atoms with van der Waals surface area (Å²) in [5.74, 6) is 0.669. The third-order valence-corrected chi connectivity index (χ3v) is 4.33. The fraction of sp³-hybridized carbons (Fsp3) is 0.615. The summed E-state index contributed by atoms with van der Waals surface area (Å²) in [6.45, 7) is 2.17. The second-order valence-electron chi connectivity index (χ2n) is 5.27. The van der Waals surface area contributed by atoms with Gasteiger partial charge in [0.15, 0.2) is 0 Å². The Morgan fingerprint density at radius 3 is 2.75 bits per heavy atom. The maximum absolute atomic E-state index is 12.0. The van der Waals surface area contributed by atoms with Crippen molar-refractivity contribution >= 4 is 5.91 Å². The van der Waals surface area contributed by atoms with E-state index in [9.17, 15) is 4.79 Å². The number of nitrogens with one attached hydrogen (secondary N) is 1. The third-order valence-electron chi connectivity index (χ3n) is 4.33. The van der Waals surface area contributed by atoms with Crippen molar-refractivity contribution in [2.24, 2.45) is 11.8 Å². The van der Waals surface area contributed by atoms with E-state index in [0.717, 1.165) is 25.9 Å². The predicted molar refractivity (Wildman–Crippen MR) is 62.9 cm³/mol. The highest BCUT2D eigenvalue weighted by molar-refractivity contribution is 5.85. The zero-order chi connectivity index (χ0) is 11.2. The fourth-order valence-corrected chi connectivity index (χ4v) is 3.27. The van der Waals surface area contributed by atoms with Crippen molar-refractivity contribution in [3.63, 3.8) is 0 Å². The zero-order valence-electron chi connectivity index (χ0n) is 9.65. The average Bonchev–Trinajstić information content (AvgIpc) is 2.58. The molecule has 0 aromatic rings. The van der Waals surface area contributed by atoms with Crippen LogP contribution < -0.4 is 5.32 Å². The van der Waals surface area contributed by atoms with Gasteiger partial charge in [-0.1, -0.05) is 24.3 Å². The van der Waals surface area contributed by atoms with Crippen LogP contribution in [-0.2, 0) is 4.79 Å². The van der Waals surface area contributed by atoms with Crippen molar-refractivity contribution in [3.05, 3.63) is 24.3 Å². The number of carbonyl (C=O) groups is 1. The first-order valence-corrected chi connectivity index (χ1v) is 6.07. The van der Waals surface area contributed by atoms with Gasteiger partial charge in [-0.2, -0.15) is 0 Å². The number of allylic oxidation sites excluding steroid dienone is 2. The highest BCUT2D eigenvalue weighted by Crippen LogP contribution is 2.42. The van der Waals surface area contributed by atoms with Crippen LogP contribution in [0.25, 0.3) is 0 Å². The van der Waals surface area contributed by atoms with E-state index in [2.05, 4.69) is 29.4 Å². The molecular formula is C13H18N2O. The number of hydrogen-bond donors (Lipinski definition) is 1. The smallest absolute Gasteiger partial charge is 0.228 e. The minimum Gasteiger partial charge on any atom is -0.349 e. The molecule has 2 unspecified atom stereocenters. The Morgan fingerprint density at radius 1 is 1.31 bits per heavy atom. The van der Waals surface area contributed by atoms with Crippen molar-refractivity contribution in [1.29, 1.82) is 0 Å². The van der Waals surface area contributed by atoms with Gasteiger partial charge in [0.1, 0.15) is 0 Å². The molecule has 2 saturated heterocycles. The normalized spacial score (nSPS) is 36.4. The Morgan fingerprint density at radius 2 is 2.00 bits per heavy atom. The Hall–Kier alpha value is -1.09. The van der Waals surface area contributed by atoms with Crippen LogP contribution in [0.5, 0.6) is 0 Å².